The normalized spacial score (nSPS) is 10.7. The number of aryl methyl sites for hydroxylation is 1. The van der Waals surface area contributed by atoms with E-state index in [9.17, 15) is 9.59 Å². The quantitative estimate of drug-likeness (QED) is 0.670. The molecule has 0 saturated carbocycles. The van der Waals surface area contributed by atoms with E-state index in [0.29, 0.717) is 28.4 Å². The van der Waals surface area contributed by atoms with Gasteiger partial charge in [-0.1, -0.05) is 29.8 Å². The lowest BCUT2D eigenvalue weighted by Gasteiger charge is -2.25. The Morgan fingerprint density at radius 1 is 0.880 bits per heavy atom. The van der Waals surface area contributed by atoms with E-state index in [1.807, 2.05) is 31.2 Å². The van der Waals surface area contributed by atoms with E-state index in [0.717, 1.165) is 11.1 Å². The summed E-state index contributed by atoms with van der Waals surface area (Å²) < 4.78 is 10.6. The van der Waals surface area contributed by atoms with Crippen LogP contribution in [0.2, 0.25) is 0 Å². The van der Waals surface area contributed by atoms with Crippen LogP contribution in [-0.4, -0.2) is 21.3 Å². The zero-order valence-electron chi connectivity index (χ0n) is 14.6. The lowest BCUT2D eigenvalue weighted by molar-refractivity contribution is 0.404. The highest BCUT2D eigenvalue weighted by Gasteiger charge is 2.27. The van der Waals surface area contributed by atoms with Crippen molar-refractivity contribution in [3.05, 3.63) is 68.5 Å². The Balaban J connectivity index is 2.12. The van der Waals surface area contributed by atoms with Gasteiger partial charge in [-0.25, -0.2) is 0 Å². The highest BCUT2D eigenvalue weighted by molar-refractivity contribution is 5.87. The molecule has 0 aromatic heterocycles. The molecule has 3 aromatic carbocycles. The minimum atomic E-state index is -0.497. The predicted molar refractivity (Wildman–Crippen MR) is 99.1 cm³/mol. The van der Waals surface area contributed by atoms with Crippen molar-refractivity contribution in [3.63, 3.8) is 0 Å². The molecule has 0 fully saturated rings. The topological polar surface area (TPSA) is 55.8 Å². The zero-order chi connectivity index (χ0) is 18.1. The molecule has 3 rings (SSSR count). The van der Waals surface area contributed by atoms with Crippen molar-refractivity contribution >= 4 is 11.4 Å². The molecular formula is C20H19NO4. The molecule has 0 heterocycles. The zero-order valence-corrected chi connectivity index (χ0v) is 14.6. The summed E-state index contributed by atoms with van der Waals surface area (Å²) in [6.07, 6.45) is 0. The van der Waals surface area contributed by atoms with Crippen molar-refractivity contribution in [1.29, 1.82) is 0 Å². The summed E-state index contributed by atoms with van der Waals surface area (Å²) in [6.45, 7) is 1.97. The summed E-state index contributed by atoms with van der Waals surface area (Å²) in [7, 11) is 4.87. The van der Waals surface area contributed by atoms with E-state index < -0.39 is 10.9 Å². The number of rotatable bonds is 5. The van der Waals surface area contributed by atoms with Crippen molar-refractivity contribution in [2.45, 2.75) is 6.92 Å². The van der Waals surface area contributed by atoms with Gasteiger partial charge in [0.05, 0.1) is 25.5 Å². The van der Waals surface area contributed by atoms with Crippen LogP contribution in [0.15, 0.2) is 52.1 Å². The summed E-state index contributed by atoms with van der Waals surface area (Å²) in [6, 6.07) is 12.9. The molecule has 5 nitrogen and oxygen atoms in total. The molecule has 3 aromatic rings. The second-order valence-electron chi connectivity index (χ2n) is 5.84. The number of hydrogen-bond donors (Lipinski definition) is 0. The van der Waals surface area contributed by atoms with E-state index in [2.05, 4.69) is 0 Å². The summed E-state index contributed by atoms with van der Waals surface area (Å²) in [5, 5.41) is 0. The Labute approximate surface area is 145 Å². The first-order valence-electron chi connectivity index (χ1n) is 7.84. The van der Waals surface area contributed by atoms with E-state index in [1.165, 1.54) is 0 Å². The highest BCUT2D eigenvalue weighted by Crippen LogP contribution is 2.37. The van der Waals surface area contributed by atoms with Gasteiger partial charge in [-0.15, -0.1) is 0 Å². The van der Waals surface area contributed by atoms with E-state index in [1.54, 1.807) is 44.4 Å². The smallest absolute Gasteiger partial charge is 0.250 e. The van der Waals surface area contributed by atoms with Crippen LogP contribution in [0.4, 0.5) is 11.4 Å². The van der Waals surface area contributed by atoms with Gasteiger partial charge < -0.3 is 14.4 Å². The second kappa shape index (κ2) is 6.43. The highest BCUT2D eigenvalue weighted by atomic mass is 16.5. The van der Waals surface area contributed by atoms with Crippen molar-refractivity contribution in [3.8, 4) is 22.6 Å². The molecule has 0 aliphatic heterocycles. The average molecular weight is 337 g/mol. The molecule has 25 heavy (non-hydrogen) atoms. The standard InChI is InChI=1S/C20H19NO4/c1-12-5-7-13(8-6-12)17-18(20(23)19(17)22)21(2)15-11-14(24-3)9-10-16(15)25-4/h5-11H,1-4H3. The molecule has 0 radical (unpaired) electrons. The lowest BCUT2D eigenvalue weighted by atomic mass is 9.96. The van der Waals surface area contributed by atoms with Gasteiger partial charge in [-0.05, 0) is 24.6 Å². The third-order valence-electron chi connectivity index (χ3n) is 4.31. The van der Waals surface area contributed by atoms with Gasteiger partial charge in [0.1, 0.15) is 17.2 Å². The SMILES string of the molecule is COc1ccc(OC)c(N(C)c2c(-c3ccc(C)cc3)c(=O)c2=O)c1. The first-order valence-corrected chi connectivity index (χ1v) is 7.84. The Bertz CT molecular complexity index is 982. The number of ether oxygens (including phenoxy) is 2. The van der Waals surface area contributed by atoms with Gasteiger partial charge in [0.25, 0.3) is 5.43 Å². The van der Waals surface area contributed by atoms with Crippen molar-refractivity contribution < 1.29 is 9.47 Å². The van der Waals surface area contributed by atoms with Gasteiger partial charge in [0.2, 0.25) is 5.43 Å². The van der Waals surface area contributed by atoms with Gasteiger partial charge in [0, 0.05) is 13.1 Å². The summed E-state index contributed by atoms with van der Waals surface area (Å²) in [5.74, 6) is 1.23. The van der Waals surface area contributed by atoms with Gasteiger partial charge in [-0.3, -0.25) is 9.59 Å². The monoisotopic (exact) mass is 337 g/mol. The van der Waals surface area contributed by atoms with E-state index in [-0.39, 0.29) is 0 Å². The summed E-state index contributed by atoms with van der Waals surface area (Å²) >= 11 is 0. The average Bonchev–Trinajstić information content (AvgIpc) is 2.65. The van der Waals surface area contributed by atoms with Crippen LogP contribution in [-0.2, 0) is 0 Å². The van der Waals surface area contributed by atoms with E-state index in [4.69, 9.17) is 9.47 Å². The Kier molecular flexibility index (Phi) is 4.31. The van der Waals surface area contributed by atoms with Gasteiger partial charge in [-0.2, -0.15) is 0 Å². The molecule has 128 valence electrons. The minimum absolute atomic E-state index is 0.361. The van der Waals surface area contributed by atoms with Crippen molar-refractivity contribution in [1.82, 2.24) is 0 Å². The van der Waals surface area contributed by atoms with E-state index >= 15 is 0 Å². The first kappa shape index (κ1) is 16.8. The Morgan fingerprint density at radius 3 is 2.16 bits per heavy atom. The lowest BCUT2D eigenvalue weighted by Crippen LogP contribution is -2.39. The maximum Gasteiger partial charge on any atom is 0.250 e. The summed E-state index contributed by atoms with van der Waals surface area (Å²) in [4.78, 5) is 26.1. The third kappa shape index (κ3) is 2.78. The fourth-order valence-corrected chi connectivity index (χ4v) is 2.87. The molecule has 0 aliphatic rings. The second-order valence-corrected chi connectivity index (χ2v) is 5.84. The molecule has 0 N–H and O–H groups in total. The van der Waals surface area contributed by atoms with Crippen LogP contribution in [0, 0.1) is 6.92 Å². The Morgan fingerprint density at radius 2 is 1.56 bits per heavy atom. The maximum atomic E-state index is 12.3. The van der Waals surface area contributed by atoms with Crippen LogP contribution in [0.5, 0.6) is 11.5 Å². The molecule has 0 saturated heterocycles. The van der Waals surface area contributed by atoms with Crippen LogP contribution >= 0.6 is 0 Å². The van der Waals surface area contributed by atoms with Crippen LogP contribution < -0.4 is 25.2 Å². The molecule has 0 amide bonds. The molecule has 0 aliphatic carbocycles. The molecule has 0 unspecified atom stereocenters. The number of hydrogen-bond acceptors (Lipinski definition) is 5. The fourth-order valence-electron chi connectivity index (χ4n) is 2.87. The third-order valence-corrected chi connectivity index (χ3v) is 4.31. The number of benzene rings is 2. The van der Waals surface area contributed by atoms with Crippen molar-refractivity contribution in [2.24, 2.45) is 0 Å². The number of anilines is 2. The van der Waals surface area contributed by atoms with Gasteiger partial charge >= 0.3 is 0 Å². The van der Waals surface area contributed by atoms with Crippen LogP contribution in [0.25, 0.3) is 11.1 Å². The van der Waals surface area contributed by atoms with Crippen LogP contribution in [0.3, 0.4) is 0 Å². The first-order chi connectivity index (χ1) is 12.0. The van der Waals surface area contributed by atoms with Gasteiger partial charge in [0.15, 0.2) is 0 Å². The predicted octanol–water partition coefficient (Wildman–Crippen LogP) is 3.04. The molecule has 5 heteroatoms. The largest absolute Gasteiger partial charge is 0.497 e. The number of methoxy groups -OCH3 is 2. The van der Waals surface area contributed by atoms with Crippen LogP contribution in [0.1, 0.15) is 5.56 Å². The number of nitrogens with zero attached hydrogens (tertiary/aromatic N) is 1. The molecular weight excluding hydrogens is 318 g/mol. The summed E-state index contributed by atoms with van der Waals surface area (Å²) in [5.41, 5.74) is 2.31. The minimum Gasteiger partial charge on any atom is -0.497 e. The molecule has 0 bridgehead atoms. The molecule has 0 spiro atoms. The maximum absolute atomic E-state index is 12.3. The van der Waals surface area contributed by atoms with Crippen molar-refractivity contribution in [2.75, 3.05) is 26.2 Å². The Hall–Kier alpha value is -3.08. The molecule has 0 atom stereocenters. The fraction of sp³-hybridized carbons (Fsp3) is 0.200.